The van der Waals surface area contributed by atoms with Crippen LogP contribution in [0.15, 0.2) is 30.3 Å². The SMILES string of the molecule is CC(C)(C)N[C@@H](CN1CCCCC1)c1ccccc1. The Morgan fingerprint density at radius 1 is 1.05 bits per heavy atom. The first-order chi connectivity index (χ1) is 9.04. The van der Waals surface area contributed by atoms with Crippen molar-refractivity contribution in [3.63, 3.8) is 0 Å². The molecule has 2 rings (SSSR count). The van der Waals surface area contributed by atoms with Crippen LogP contribution in [-0.2, 0) is 0 Å². The van der Waals surface area contributed by atoms with E-state index in [1.807, 2.05) is 0 Å². The number of nitrogens with zero attached hydrogens (tertiary/aromatic N) is 1. The first-order valence-electron chi connectivity index (χ1n) is 7.59. The average Bonchev–Trinajstić information content (AvgIpc) is 2.39. The van der Waals surface area contributed by atoms with Crippen LogP contribution in [0.25, 0.3) is 0 Å². The van der Waals surface area contributed by atoms with Crippen LogP contribution in [-0.4, -0.2) is 30.1 Å². The van der Waals surface area contributed by atoms with Gasteiger partial charge in [-0.2, -0.15) is 0 Å². The highest BCUT2D eigenvalue weighted by Gasteiger charge is 2.22. The van der Waals surface area contributed by atoms with Crippen molar-refractivity contribution >= 4 is 0 Å². The van der Waals surface area contributed by atoms with Gasteiger partial charge in [-0.1, -0.05) is 36.8 Å². The molecule has 1 atom stereocenters. The molecule has 0 spiro atoms. The predicted molar refractivity (Wildman–Crippen MR) is 82.4 cm³/mol. The Hall–Kier alpha value is -0.860. The van der Waals surface area contributed by atoms with Gasteiger partial charge in [-0.3, -0.25) is 0 Å². The van der Waals surface area contributed by atoms with Crippen LogP contribution in [0.2, 0.25) is 0 Å². The topological polar surface area (TPSA) is 15.3 Å². The molecule has 0 amide bonds. The Kier molecular flexibility index (Phi) is 5.00. The van der Waals surface area contributed by atoms with Gasteiger partial charge < -0.3 is 10.2 Å². The molecule has 1 aliphatic heterocycles. The lowest BCUT2D eigenvalue weighted by Gasteiger charge is -2.35. The minimum atomic E-state index is 0.149. The van der Waals surface area contributed by atoms with Crippen LogP contribution < -0.4 is 5.32 Å². The van der Waals surface area contributed by atoms with E-state index in [0.717, 1.165) is 6.54 Å². The van der Waals surface area contributed by atoms with E-state index >= 15 is 0 Å². The van der Waals surface area contributed by atoms with E-state index in [0.29, 0.717) is 6.04 Å². The van der Waals surface area contributed by atoms with Crippen molar-refractivity contribution in [2.24, 2.45) is 0 Å². The maximum atomic E-state index is 3.78. The van der Waals surface area contributed by atoms with Gasteiger partial charge in [-0.25, -0.2) is 0 Å². The zero-order valence-electron chi connectivity index (χ0n) is 12.7. The van der Waals surface area contributed by atoms with E-state index in [2.05, 4.69) is 61.3 Å². The minimum Gasteiger partial charge on any atom is -0.304 e. The number of nitrogens with one attached hydrogen (secondary N) is 1. The van der Waals surface area contributed by atoms with Crippen LogP contribution >= 0.6 is 0 Å². The number of hydrogen-bond donors (Lipinski definition) is 1. The Bertz CT molecular complexity index is 361. The smallest absolute Gasteiger partial charge is 0.0453 e. The second kappa shape index (κ2) is 6.53. The van der Waals surface area contributed by atoms with Gasteiger partial charge in [0.15, 0.2) is 0 Å². The molecule has 1 aromatic carbocycles. The highest BCUT2D eigenvalue weighted by Crippen LogP contribution is 2.20. The van der Waals surface area contributed by atoms with Crippen LogP contribution in [0, 0.1) is 0 Å². The molecule has 1 aromatic rings. The third-order valence-electron chi connectivity index (χ3n) is 3.70. The first kappa shape index (κ1) is 14.5. The molecule has 1 aliphatic rings. The van der Waals surface area contributed by atoms with Gasteiger partial charge in [0.05, 0.1) is 0 Å². The van der Waals surface area contributed by atoms with Crippen LogP contribution in [0.5, 0.6) is 0 Å². The summed E-state index contributed by atoms with van der Waals surface area (Å²) in [5, 5.41) is 3.78. The zero-order valence-corrected chi connectivity index (χ0v) is 12.7. The van der Waals surface area contributed by atoms with Gasteiger partial charge in [-0.05, 0) is 52.3 Å². The predicted octanol–water partition coefficient (Wildman–Crippen LogP) is 3.60. The fraction of sp³-hybridized carbons (Fsp3) is 0.647. The lowest BCUT2D eigenvalue weighted by Crippen LogP contribution is -2.45. The number of piperidine rings is 1. The third-order valence-corrected chi connectivity index (χ3v) is 3.70. The molecule has 19 heavy (non-hydrogen) atoms. The maximum absolute atomic E-state index is 3.78. The molecule has 1 heterocycles. The lowest BCUT2D eigenvalue weighted by molar-refractivity contribution is 0.192. The molecule has 1 fully saturated rings. The van der Waals surface area contributed by atoms with Crippen LogP contribution in [0.3, 0.4) is 0 Å². The molecule has 0 aliphatic carbocycles. The molecule has 0 radical (unpaired) electrons. The zero-order chi connectivity index (χ0) is 13.7. The van der Waals surface area contributed by atoms with Crippen molar-refractivity contribution < 1.29 is 0 Å². The van der Waals surface area contributed by atoms with Crippen molar-refractivity contribution in [2.45, 2.75) is 51.6 Å². The maximum Gasteiger partial charge on any atom is 0.0453 e. The first-order valence-corrected chi connectivity index (χ1v) is 7.59. The summed E-state index contributed by atoms with van der Waals surface area (Å²) >= 11 is 0. The van der Waals surface area contributed by atoms with E-state index in [9.17, 15) is 0 Å². The van der Waals surface area contributed by atoms with E-state index in [-0.39, 0.29) is 5.54 Å². The number of likely N-dealkylation sites (tertiary alicyclic amines) is 1. The summed E-state index contributed by atoms with van der Waals surface area (Å²) in [5.41, 5.74) is 1.55. The number of hydrogen-bond acceptors (Lipinski definition) is 2. The normalized spacial score (nSPS) is 19.3. The fourth-order valence-corrected chi connectivity index (χ4v) is 2.84. The molecule has 0 aromatic heterocycles. The Morgan fingerprint density at radius 3 is 2.26 bits per heavy atom. The molecule has 2 heteroatoms. The van der Waals surface area contributed by atoms with Crippen molar-refractivity contribution in [1.29, 1.82) is 0 Å². The summed E-state index contributed by atoms with van der Waals surface area (Å²) in [6.45, 7) is 10.4. The fourth-order valence-electron chi connectivity index (χ4n) is 2.84. The van der Waals surface area contributed by atoms with E-state index in [1.54, 1.807) is 0 Å². The second-order valence-electron chi connectivity index (χ2n) is 6.72. The highest BCUT2D eigenvalue weighted by atomic mass is 15.2. The Balaban J connectivity index is 2.05. The number of benzene rings is 1. The highest BCUT2D eigenvalue weighted by molar-refractivity contribution is 5.19. The molecule has 1 N–H and O–H groups in total. The molecular formula is C17H28N2. The van der Waals surface area contributed by atoms with Crippen molar-refractivity contribution in [2.75, 3.05) is 19.6 Å². The summed E-state index contributed by atoms with van der Waals surface area (Å²) in [4.78, 5) is 2.61. The molecule has 0 bridgehead atoms. The lowest BCUT2D eigenvalue weighted by atomic mass is 10.00. The van der Waals surface area contributed by atoms with Gasteiger partial charge >= 0.3 is 0 Å². The summed E-state index contributed by atoms with van der Waals surface area (Å²) in [6, 6.07) is 11.3. The van der Waals surface area contributed by atoms with E-state index in [1.165, 1.54) is 37.9 Å². The third kappa shape index (κ3) is 4.96. The number of rotatable bonds is 4. The van der Waals surface area contributed by atoms with Gasteiger partial charge in [0.25, 0.3) is 0 Å². The van der Waals surface area contributed by atoms with E-state index in [4.69, 9.17) is 0 Å². The molecule has 0 unspecified atom stereocenters. The van der Waals surface area contributed by atoms with Gasteiger partial charge in [0.1, 0.15) is 0 Å². The molecule has 2 nitrogen and oxygen atoms in total. The molecule has 0 saturated carbocycles. The Morgan fingerprint density at radius 2 is 1.68 bits per heavy atom. The van der Waals surface area contributed by atoms with Crippen LogP contribution in [0.4, 0.5) is 0 Å². The van der Waals surface area contributed by atoms with Gasteiger partial charge in [-0.15, -0.1) is 0 Å². The summed E-state index contributed by atoms with van der Waals surface area (Å²) in [6.07, 6.45) is 4.12. The van der Waals surface area contributed by atoms with Crippen molar-refractivity contribution in [1.82, 2.24) is 10.2 Å². The van der Waals surface area contributed by atoms with Crippen molar-refractivity contribution in [3.8, 4) is 0 Å². The van der Waals surface area contributed by atoms with E-state index < -0.39 is 0 Å². The summed E-state index contributed by atoms with van der Waals surface area (Å²) in [5.74, 6) is 0. The van der Waals surface area contributed by atoms with Gasteiger partial charge in [0, 0.05) is 18.1 Å². The standard InChI is InChI=1S/C17H28N2/c1-17(2,3)18-16(15-10-6-4-7-11-15)14-19-12-8-5-9-13-19/h4,6-7,10-11,16,18H,5,8-9,12-14H2,1-3H3/t16-/m0/s1. The average molecular weight is 260 g/mol. The molecule has 1 saturated heterocycles. The minimum absolute atomic E-state index is 0.149. The second-order valence-corrected chi connectivity index (χ2v) is 6.72. The molecular weight excluding hydrogens is 232 g/mol. The monoisotopic (exact) mass is 260 g/mol. The summed E-state index contributed by atoms with van der Waals surface area (Å²) in [7, 11) is 0. The Labute approximate surface area is 118 Å². The quantitative estimate of drug-likeness (QED) is 0.890. The van der Waals surface area contributed by atoms with Crippen molar-refractivity contribution in [3.05, 3.63) is 35.9 Å². The summed E-state index contributed by atoms with van der Waals surface area (Å²) < 4.78 is 0. The largest absolute Gasteiger partial charge is 0.304 e. The van der Waals surface area contributed by atoms with Gasteiger partial charge in [0.2, 0.25) is 0 Å². The van der Waals surface area contributed by atoms with Crippen LogP contribution in [0.1, 0.15) is 51.6 Å². The molecule has 106 valence electrons.